The van der Waals surface area contributed by atoms with Crippen molar-refractivity contribution in [3.63, 3.8) is 0 Å². The Bertz CT molecular complexity index is 1140. The monoisotopic (exact) mass is 464 g/mol. The lowest BCUT2D eigenvalue weighted by molar-refractivity contribution is -0.112. The molecule has 0 atom stereocenters. The molecule has 0 bridgehead atoms. The molecule has 1 aromatic heterocycles. The van der Waals surface area contributed by atoms with Crippen molar-refractivity contribution in [3.05, 3.63) is 82.0 Å². The first-order chi connectivity index (χ1) is 14.5. The van der Waals surface area contributed by atoms with Crippen molar-refractivity contribution in [2.24, 2.45) is 0 Å². The van der Waals surface area contributed by atoms with Crippen LogP contribution in [0.3, 0.4) is 0 Å². The molecular formula is C23H17BrN2O4. The smallest absolute Gasteiger partial charge is 0.338 e. The zero-order chi connectivity index (χ0) is 21.5. The Morgan fingerprint density at radius 3 is 2.60 bits per heavy atom. The summed E-state index contributed by atoms with van der Waals surface area (Å²) in [5, 5.41) is 12.0. The third-order valence-electron chi connectivity index (χ3n) is 4.04. The number of carbonyl (C=O) groups is 2. The number of nitrogens with one attached hydrogen (secondary N) is 1. The van der Waals surface area contributed by atoms with Crippen LogP contribution < -0.4 is 5.32 Å². The summed E-state index contributed by atoms with van der Waals surface area (Å²) in [4.78, 5) is 24.1. The maximum atomic E-state index is 12.4. The number of carbonyl (C=O) groups excluding carboxylic acids is 2. The molecule has 1 heterocycles. The molecule has 0 saturated heterocycles. The molecular weight excluding hydrogens is 448 g/mol. The molecule has 3 aromatic rings. The Hall–Kier alpha value is -3.63. The summed E-state index contributed by atoms with van der Waals surface area (Å²) in [5.41, 5.74) is 1.67. The highest BCUT2D eigenvalue weighted by molar-refractivity contribution is 9.10. The summed E-state index contributed by atoms with van der Waals surface area (Å²) in [7, 11) is 0. The van der Waals surface area contributed by atoms with Gasteiger partial charge in [0.05, 0.1) is 12.2 Å². The van der Waals surface area contributed by atoms with Gasteiger partial charge in [0.1, 0.15) is 23.2 Å². The summed E-state index contributed by atoms with van der Waals surface area (Å²) in [6.45, 7) is 2.06. The van der Waals surface area contributed by atoms with Gasteiger partial charge in [0, 0.05) is 21.8 Å². The molecule has 150 valence electrons. The Balaban J connectivity index is 1.75. The summed E-state index contributed by atoms with van der Waals surface area (Å²) >= 11 is 3.33. The topological polar surface area (TPSA) is 92.3 Å². The van der Waals surface area contributed by atoms with E-state index in [1.54, 1.807) is 61.5 Å². The van der Waals surface area contributed by atoms with Crippen molar-refractivity contribution < 1.29 is 18.7 Å². The second kappa shape index (κ2) is 9.72. The maximum absolute atomic E-state index is 12.4. The average molecular weight is 465 g/mol. The van der Waals surface area contributed by atoms with E-state index < -0.39 is 5.91 Å². The first-order valence-corrected chi connectivity index (χ1v) is 9.85. The van der Waals surface area contributed by atoms with Crippen LogP contribution >= 0.6 is 15.9 Å². The molecule has 1 amide bonds. The number of amides is 1. The van der Waals surface area contributed by atoms with Gasteiger partial charge in [-0.2, -0.15) is 5.26 Å². The highest BCUT2D eigenvalue weighted by Gasteiger charge is 2.12. The Kier molecular flexibility index (Phi) is 6.83. The van der Waals surface area contributed by atoms with Crippen LogP contribution in [0.1, 0.15) is 23.0 Å². The van der Waals surface area contributed by atoms with Crippen molar-refractivity contribution >= 4 is 39.6 Å². The largest absolute Gasteiger partial charge is 0.462 e. The number of nitriles is 1. The number of hydrogen-bond donors (Lipinski definition) is 1. The van der Waals surface area contributed by atoms with Crippen molar-refractivity contribution in [2.75, 3.05) is 11.9 Å². The van der Waals surface area contributed by atoms with Gasteiger partial charge in [-0.3, -0.25) is 4.79 Å². The first kappa shape index (κ1) is 21.1. The van der Waals surface area contributed by atoms with E-state index in [0.717, 1.165) is 10.0 Å². The van der Waals surface area contributed by atoms with Crippen LogP contribution in [-0.4, -0.2) is 18.5 Å². The predicted octanol–water partition coefficient (Wildman–Crippen LogP) is 5.43. The lowest BCUT2D eigenvalue weighted by atomic mass is 10.1. The van der Waals surface area contributed by atoms with E-state index in [1.807, 2.05) is 12.1 Å². The lowest BCUT2D eigenvalue weighted by Crippen LogP contribution is -2.13. The van der Waals surface area contributed by atoms with Crippen LogP contribution in [0.25, 0.3) is 17.4 Å². The zero-order valence-electron chi connectivity index (χ0n) is 16.0. The highest BCUT2D eigenvalue weighted by atomic mass is 79.9. The summed E-state index contributed by atoms with van der Waals surface area (Å²) in [6.07, 6.45) is 1.38. The van der Waals surface area contributed by atoms with Crippen LogP contribution in [0.5, 0.6) is 0 Å². The molecule has 6 nitrogen and oxygen atoms in total. The normalized spacial score (nSPS) is 10.9. The second-order valence-electron chi connectivity index (χ2n) is 6.13. The number of anilines is 1. The summed E-state index contributed by atoms with van der Waals surface area (Å²) < 4.78 is 11.5. The van der Waals surface area contributed by atoms with Gasteiger partial charge < -0.3 is 14.5 Å². The van der Waals surface area contributed by atoms with Crippen LogP contribution in [0.15, 0.2) is 75.1 Å². The van der Waals surface area contributed by atoms with Crippen molar-refractivity contribution in [3.8, 4) is 17.4 Å². The third-order valence-corrected chi connectivity index (χ3v) is 4.53. The number of hydrogen-bond acceptors (Lipinski definition) is 5. The first-order valence-electron chi connectivity index (χ1n) is 9.06. The maximum Gasteiger partial charge on any atom is 0.338 e. The molecule has 0 unspecified atom stereocenters. The van der Waals surface area contributed by atoms with E-state index in [1.165, 1.54) is 6.08 Å². The highest BCUT2D eigenvalue weighted by Crippen LogP contribution is 2.24. The van der Waals surface area contributed by atoms with Gasteiger partial charge in [-0.25, -0.2) is 4.79 Å². The van der Waals surface area contributed by atoms with Gasteiger partial charge >= 0.3 is 5.97 Å². The number of nitrogens with zero attached hydrogens (tertiary/aromatic N) is 1. The number of furan rings is 1. The standard InChI is InChI=1S/C23H17BrN2O4/c1-2-29-23(28)16-8-6-15(7-9-16)21-11-10-20(30-21)12-17(14-25)22(27)26-19-5-3-4-18(24)13-19/h3-13H,2H2,1H3,(H,26,27)/b17-12-. The molecule has 0 saturated carbocycles. The molecule has 7 heteroatoms. The quantitative estimate of drug-likeness (QED) is 0.298. The predicted molar refractivity (Wildman–Crippen MR) is 116 cm³/mol. The third kappa shape index (κ3) is 5.25. The minimum absolute atomic E-state index is 0.0893. The van der Waals surface area contributed by atoms with Gasteiger partial charge in [-0.05, 0) is 49.4 Å². The van der Waals surface area contributed by atoms with Gasteiger partial charge in [-0.15, -0.1) is 0 Å². The van der Waals surface area contributed by atoms with Crippen LogP contribution in [0.2, 0.25) is 0 Å². The molecule has 0 spiro atoms. The summed E-state index contributed by atoms with van der Waals surface area (Å²) in [6, 6.07) is 19.1. The zero-order valence-corrected chi connectivity index (χ0v) is 17.6. The van der Waals surface area contributed by atoms with Crippen molar-refractivity contribution in [2.45, 2.75) is 6.92 Å². The van der Waals surface area contributed by atoms with Crippen molar-refractivity contribution in [1.82, 2.24) is 0 Å². The number of ether oxygens (including phenoxy) is 1. The summed E-state index contributed by atoms with van der Waals surface area (Å²) in [5.74, 6) is -0.0173. The fourth-order valence-corrected chi connectivity index (χ4v) is 3.03. The van der Waals surface area contributed by atoms with E-state index in [4.69, 9.17) is 9.15 Å². The molecule has 1 N–H and O–H groups in total. The molecule has 0 fully saturated rings. The molecule has 30 heavy (non-hydrogen) atoms. The molecule has 0 radical (unpaired) electrons. The van der Waals surface area contributed by atoms with E-state index in [2.05, 4.69) is 21.2 Å². The van der Waals surface area contributed by atoms with Crippen LogP contribution in [0, 0.1) is 11.3 Å². The number of halogens is 1. The lowest BCUT2D eigenvalue weighted by Gasteiger charge is -2.04. The Morgan fingerprint density at radius 2 is 1.93 bits per heavy atom. The average Bonchev–Trinajstić information content (AvgIpc) is 3.21. The molecule has 0 aliphatic rings. The minimum Gasteiger partial charge on any atom is -0.462 e. The van der Waals surface area contributed by atoms with Gasteiger partial charge in [0.25, 0.3) is 5.91 Å². The van der Waals surface area contributed by atoms with Crippen LogP contribution in [0.4, 0.5) is 5.69 Å². The fraction of sp³-hybridized carbons (Fsp3) is 0.0870. The van der Waals surface area contributed by atoms with E-state index in [0.29, 0.717) is 29.4 Å². The number of benzene rings is 2. The molecule has 3 rings (SSSR count). The number of esters is 1. The van der Waals surface area contributed by atoms with Gasteiger partial charge in [0.2, 0.25) is 0 Å². The Labute approximate surface area is 181 Å². The van der Waals surface area contributed by atoms with Crippen LogP contribution in [-0.2, 0) is 9.53 Å². The van der Waals surface area contributed by atoms with E-state index in [-0.39, 0.29) is 11.5 Å². The van der Waals surface area contributed by atoms with Gasteiger partial charge in [0.15, 0.2) is 0 Å². The fourth-order valence-electron chi connectivity index (χ4n) is 2.63. The van der Waals surface area contributed by atoms with Gasteiger partial charge in [-0.1, -0.05) is 34.1 Å². The van der Waals surface area contributed by atoms with Crippen molar-refractivity contribution in [1.29, 1.82) is 5.26 Å². The SMILES string of the molecule is CCOC(=O)c1ccc(-c2ccc(/C=C(/C#N)C(=O)Nc3cccc(Br)c3)o2)cc1. The molecule has 0 aliphatic heterocycles. The van der Waals surface area contributed by atoms with E-state index in [9.17, 15) is 14.9 Å². The second-order valence-corrected chi connectivity index (χ2v) is 7.05. The number of rotatable bonds is 6. The Morgan fingerprint density at radius 1 is 1.17 bits per heavy atom. The molecule has 0 aliphatic carbocycles. The molecule has 2 aromatic carbocycles. The van der Waals surface area contributed by atoms with E-state index >= 15 is 0 Å². The minimum atomic E-state index is -0.535.